The van der Waals surface area contributed by atoms with Gasteiger partial charge in [-0.2, -0.15) is 0 Å². The molecule has 1 aromatic carbocycles. The number of nitrogens with zero attached hydrogens (tertiary/aromatic N) is 2. The first-order valence-corrected chi connectivity index (χ1v) is 5.53. The summed E-state index contributed by atoms with van der Waals surface area (Å²) in [7, 11) is 0. The molecule has 2 N–H and O–H groups in total. The van der Waals surface area contributed by atoms with Crippen molar-refractivity contribution in [3.8, 4) is 0 Å². The summed E-state index contributed by atoms with van der Waals surface area (Å²) in [6.45, 7) is 1.14. The van der Waals surface area contributed by atoms with Crippen LogP contribution in [0.15, 0.2) is 30.3 Å². The lowest BCUT2D eigenvalue weighted by Gasteiger charge is -2.36. The lowest BCUT2D eigenvalue weighted by Crippen LogP contribution is -2.57. The Morgan fingerprint density at radius 2 is 2.22 bits per heavy atom. The number of non-ortho nitro benzene ring substituents is 1. The van der Waals surface area contributed by atoms with E-state index in [0.717, 1.165) is 0 Å². The van der Waals surface area contributed by atoms with Crippen molar-refractivity contribution in [2.75, 3.05) is 13.1 Å². The Morgan fingerprint density at radius 1 is 1.50 bits per heavy atom. The molecular formula is C12H13N3O3. The average Bonchev–Trinajstić information content (AvgIpc) is 2.32. The lowest BCUT2D eigenvalue weighted by molar-refractivity contribution is -0.384. The number of rotatable bonds is 3. The largest absolute Gasteiger partial charge is 0.336 e. The monoisotopic (exact) mass is 247 g/mol. The molecule has 2 rings (SSSR count). The molecule has 0 spiro atoms. The molecule has 0 aliphatic carbocycles. The predicted molar refractivity (Wildman–Crippen MR) is 66.7 cm³/mol. The highest BCUT2D eigenvalue weighted by molar-refractivity contribution is 5.92. The molecule has 6 nitrogen and oxygen atoms in total. The van der Waals surface area contributed by atoms with Crippen molar-refractivity contribution in [1.29, 1.82) is 0 Å². The van der Waals surface area contributed by atoms with Gasteiger partial charge in [-0.3, -0.25) is 14.9 Å². The van der Waals surface area contributed by atoms with Gasteiger partial charge in [-0.05, 0) is 11.6 Å². The lowest BCUT2D eigenvalue weighted by atomic mass is 10.1. The highest BCUT2D eigenvalue weighted by Crippen LogP contribution is 2.14. The minimum Gasteiger partial charge on any atom is -0.336 e. The summed E-state index contributed by atoms with van der Waals surface area (Å²) in [4.78, 5) is 23.4. The summed E-state index contributed by atoms with van der Waals surface area (Å²) < 4.78 is 0. The molecular weight excluding hydrogens is 234 g/mol. The third-order valence-electron chi connectivity index (χ3n) is 2.72. The minimum atomic E-state index is -0.465. The Balaban J connectivity index is 2.02. The van der Waals surface area contributed by atoms with Crippen LogP contribution in [0.5, 0.6) is 0 Å². The van der Waals surface area contributed by atoms with E-state index in [1.165, 1.54) is 18.2 Å². The molecule has 6 heteroatoms. The number of amides is 1. The Bertz CT molecular complexity index is 507. The third-order valence-corrected chi connectivity index (χ3v) is 2.72. The smallest absolute Gasteiger partial charge is 0.270 e. The van der Waals surface area contributed by atoms with Crippen molar-refractivity contribution in [2.24, 2.45) is 5.73 Å². The fraction of sp³-hybridized carbons (Fsp3) is 0.250. The summed E-state index contributed by atoms with van der Waals surface area (Å²) in [6.07, 6.45) is 2.98. The zero-order chi connectivity index (χ0) is 13.1. The van der Waals surface area contributed by atoms with Crippen LogP contribution >= 0.6 is 0 Å². The molecule has 1 aromatic rings. The van der Waals surface area contributed by atoms with Crippen LogP contribution in [-0.4, -0.2) is 34.9 Å². The molecule has 0 atom stereocenters. The summed E-state index contributed by atoms with van der Waals surface area (Å²) in [5.74, 6) is -0.122. The predicted octanol–water partition coefficient (Wildman–Crippen LogP) is 0.777. The Kier molecular flexibility index (Phi) is 3.38. The highest BCUT2D eigenvalue weighted by atomic mass is 16.6. The van der Waals surface area contributed by atoms with Gasteiger partial charge < -0.3 is 10.6 Å². The van der Waals surface area contributed by atoms with Crippen LogP contribution < -0.4 is 5.73 Å². The second-order valence-electron chi connectivity index (χ2n) is 4.19. The van der Waals surface area contributed by atoms with Gasteiger partial charge in [-0.25, -0.2) is 0 Å². The molecule has 1 saturated heterocycles. The van der Waals surface area contributed by atoms with Crippen LogP contribution in [0.3, 0.4) is 0 Å². The molecule has 94 valence electrons. The van der Waals surface area contributed by atoms with Crippen LogP contribution in [-0.2, 0) is 4.79 Å². The standard InChI is InChI=1S/C12H13N3O3/c13-10-7-14(8-10)12(16)5-4-9-2-1-3-11(6-9)15(17)18/h1-6,10H,7-8,13H2. The van der Waals surface area contributed by atoms with Gasteiger partial charge in [0.05, 0.1) is 4.92 Å². The number of hydrogen-bond donors (Lipinski definition) is 1. The van der Waals surface area contributed by atoms with E-state index in [9.17, 15) is 14.9 Å². The van der Waals surface area contributed by atoms with E-state index in [0.29, 0.717) is 18.7 Å². The maximum Gasteiger partial charge on any atom is 0.270 e. The van der Waals surface area contributed by atoms with Gasteiger partial charge in [0.2, 0.25) is 5.91 Å². The summed E-state index contributed by atoms with van der Waals surface area (Å²) >= 11 is 0. The Hall–Kier alpha value is -2.21. The van der Waals surface area contributed by atoms with Crippen molar-refractivity contribution in [3.05, 3.63) is 46.0 Å². The molecule has 1 heterocycles. The van der Waals surface area contributed by atoms with Crippen LogP contribution in [0, 0.1) is 10.1 Å². The van der Waals surface area contributed by atoms with Crippen LogP contribution in [0.25, 0.3) is 6.08 Å². The van der Waals surface area contributed by atoms with E-state index >= 15 is 0 Å². The first kappa shape index (κ1) is 12.3. The zero-order valence-electron chi connectivity index (χ0n) is 9.65. The SMILES string of the molecule is NC1CN(C(=O)C=Cc2cccc([N+](=O)[O-])c2)C1. The second kappa shape index (κ2) is 4.97. The van der Waals surface area contributed by atoms with E-state index in [4.69, 9.17) is 5.73 Å². The molecule has 0 bridgehead atoms. The number of nitro groups is 1. The third kappa shape index (κ3) is 2.72. The first-order chi connectivity index (χ1) is 8.56. The van der Waals surface area contributed by atoms with Gasteiger partial charge >= 0.3 is 0 Å². The number of hydrogen-bond acceptors (Lipinski definition) is 4. The van der Waals surface area contributed by atoms with Crippen LogP contribution in [0.4, 0.5) is 5.69 Å². The first-order valence-electron chi connectivity index (χ1n) is 5.53. The van der Waals surface area contributed by atoms with Gasteiger partial charge in [0, 0.05) is 37.3 Å². The van der Waals surface area contributed by atoms with E-state index in [2.05, 4.69) is 0 Å². The van der Waals surface area contributed by atoms with Crippen molar-refractivity contribution in [1.82, 2.24) is 4.90 Å². The van der Waals surface area contributed by atoms with Gasteiger partial charge in [0.15, 0.2) is 0 Å². The zero-order valence-corrected chi connectivity index (χ0v) is 9.65. The topological polar surface area (TPSA) is 89.5 Å². The van der Waals surface area contributed by atoms with Crippen molar-refractivity contribution in [3.63, 3.8) is 0 Å². The molecule has 0 radical (unpaired) electrons. The Morgan fingerprint density at radius 3 is 2.83 bits per heavy atom. The molecule has 0 aromatic heterocycles. The van der Waals surface area contributed by atoms with Crippen molar-refractivity contribution in [2.45, 2.75) is 6.04 Å². The van der Waals surface area contributed by atoms with Crippen LogP contribution in [0.2, 0.25) is 0 Å². The number of carbonyl (C=O) groups excluding carboxylic acids is 1. The summed E-state index contributed by atoms with van der Waals surface area (Å²) in [5.41, 5.74) is 6.21. The van der Waals surface area contributed by atoms with Gasteiger partial charge in [-0.15, -0.1) is 0 Å². The number of carbonyl (C=O) groups is 1. The number of nitro benzene ring substituents is 1. The second-order valence-corrected chi connectivity index (χ2v) is 4.19. The molecule has 1 fully saturated rings. The van der Waals surface area contributed by atoms with Gasteiger partial charge in [0.25, 0.3) is 5.69 Å². The van der Waals surface area contributed by atoms with E-state index < -0.39 is 4.92 Å². The Labute approximate surface area is 104 Å². The summed E-state index contributed by atoms with van der Waals surface area (Å²) in [5, 5.41) is 10.6. The highest BCUT2D eigenvalue weighted by Gasteiger charge is 2.25. The van der Waals surface area contributed by atoms with Crippen molar-refractivity contribution < 1.29 is 9.72 Å². The van der Waals surface area contributed by atoms with E-state index in [1.54, 1.807) is 23.1 Å². The molecule has 1 aliphatic rings. The fourth-order valence-corrected chi connectivity index (χ4v) is 1.71. The molecule has 18 heavy (non-hydrogen) atoms. The molecule has 0 saturated carbocycles. The van der Waals surface area contributed by atoms with Gasteiger partial charge in [-0.1, -0.05) is 12.1 Å². The van der Waals surface area contributed by atoms with Crippen molar-refractivity contribution >= 4 is 17.7 Å². The maximum atomic E-state index is 11.6. The van der Waals surface area contributed by atoms with E-state index in [1.807, 2.05) is 0 Å². The normalized spacial score (nSPS) is 15.7. The molecule has 1 amide bonds. The van der Waals surface area contributed by atoms with E-state index in [-0.39, 0.29) is 17.6 Å². The number of benzene rings is 1. The molecule has 0 unspecified atom stereocenters. The molecule has 1 aliphatic heterocycles. The quantitative estimate of drug-likeness (QED) is 0.485. The number of nitrogens with two attached hydrogens (primary N) is 1. The fourth-order valence-electron chi connectivity index (χ4n) is 1.71. The maximum absolute atomic E-state index is 11.6. The van der Waals surface area contributed by atoms with Gasteiger partial charge in [0.1, 0.15) is 0 Å². The summed E-state index contributed by atoms with van der Waals surface area (Å²) in [6, 6.07) is 6.19. The number of likely N-dealkylation sites (tertiary alicyclic amines) is 1. The minimum absolute atomic E-state index is 0.00979. The average molecular weight is 247 g/mol. The van der Waals surface area contributed by atoms with Crippen LogP contribution in [0.1, 0.15) is 5.56 Å².